The van der Waals surface area contributed by atoms with Gasteiger partial charge in [0, 0.05) is 62.1 Å². The zero-order valence-electron chi connectivity index (χ0n) is 36.4. The van der Waals surface area contributed by atoms with Gasteiger partial charge in [-0.15, -0.1) is 0 Å². The molecule has 0 saturated carbocycles. The van der Waals surface area contributed by atoms with E-state index in [-0.39, 0.29) is 0 Å². The minimum Gasteiger partial charge on any atom is -0.458 e. The van der Waals surface area contributed by atoms with Gasteiger partial charge in [-0.3, -0.25) is 28.2 Å². The van der Waals surface area contributed by atoms with Gasteiger partial charge in [0.15, 0.2) is 0 Å². The van der Waals surface area contributed by atoms with E-state index in [2.05, 4.69) is 160 Å². The van der Waals surface area contributed by atoms with Gasteiger partial charge in [-0.25, -0.2) is 0 Å². The molecule has 4 aromatic heterocycles. The van der Waals surface area contributed by atoms with E-state index in [1.165, 1.54) is 37.1 Å². The molecule has 2 aliphatic rings. The summed E-state index contributed by atoms with van der Waals surface area (Å²) >= 11 is 0. The van der Waals surface area contributed by atoms with Crippen LogP contribution in [0, 0.1) is 12.7 Å². The largest absolute Gasteiger partial charge is 0.458 e. The third-order valence-electron chi connectivity index (χ3n) is 12.6. The van der Waals surface area contributed by atoms with Crippen molar-refractivity contribution >= 4 is 33.4 Å². The Bertz CT molecular complexity index is 3160. The van der Waals surface area contributed by atoms with E-state index in [1.807, 2.05) is 60.7 Å². The Morgan fingerprint density at radius 2 is 0.788 bits per heavy atom. The second kappa shape index (κ2) is 17.0. The standard InChI is InChI=1S/C56H46N8O2/c1-3-21-51(49(19-1)59-31-9-10-32-59)63-39-61(53-23-5-7-25-55(53)63)41-15-13-17-43(35-41)65-45-27-29-57-47(37-45)48-38-46(28-30-58-48)66-44-18-14-16-42(36-44)62-40-64(56-26-8-6-24-54(56)62)52-22-4-2-20-50(52)60-33-11-12-34-60/h1-8,13-30,35-38H,9-12,31-34H2. The van der Waals surface area contributed by atoms with Crippen LogP contribution in [-0.2, 0) is 0 Å². The van der Waals surface area contributed by atoms with Gasteiger partial charge in [0.05, 0.1) is 56.2 Å². The summed E-state index contributed by atoms with van der Waals surface area (Å²) in [6, 6.07) is 57.9. The molecular formula is C56H46N8O2. The maximum Gasteiger partial charge on any atom is 0.269 e. The maximum atomic E-state index is 6.52. The van der Waals surface area contributed by atoms with Gasteiger partial charge in [-0.05, 0) is 98.5 Å². The number of para-hydroxylation sites is 8. The highest BCUT2D eigenvalue weighted by atomic mass is 16.5. The van der Waals surface area contributed by atoms with E-state index in [0.717, 1.165) is 71.0 Å². The summed E-state index contributed by atoms with van der Waals surface area (Å²) in [5.74, 6) is 2.67. The smallest absolute Gasteiger partial charge is 0.269 e. The number of fused-ring (bicyclic) bond motifs is 2. The molecule has 0 radical (unpaired) electrons. The predicted molar refractivity (Wildman–Crippen MR) is 258 cm³/mol. The van der Waals surface area contributed by atoms with Crippen molar-refractivity contribution < 1.29 is 18.6 Å². The highest BCUT2D eigenvalue weighted by molar-refractivity contribution is 5.79. The van der Waals surface area contributed by atoms with Crippen LogP contribution in [0.4, 0.5) is 11.4 Å². The molecule has 2 aliphatic heterocycles. The molecule has 0 amide bonds. The molecule has 0 atom stereocenters. The fourth-order valence-electron chi connectivity index (χ4n) is 9.49. The first-order chi connectivity index (χ1) is 32.7. The number of anilines is 2. The number of hydrogen-bond acceptors (Lipinski definition) is 6. The van der Waals surface area contributed by atoms with Crippen molar-refractivity contribution in [2.24, 2.45) is 0 Å². The molecule has 10 nitrogen and oxygen atoms in total. The summed E-state index contributed by atoms with van der Waals surface area (Å²) in [5, 5.41) is 0. The van der Waals surface area contributed by atoms with E-state index in [9.17, 15) is 0 Å². The zero-order valence-corrected chi connectivity index (χ0v) is 36.4. The molecule has 0 aliphatic carbocycles. The Morgan fingerprint density at radius 3 is 1.24 bits per heavy atom. The number of benzene rings is 6. The van der Waals surface area contributed by atoms with Crippen LogP contribution >= 0.6 is 0 Å². The van der Waals surface area contributed by atoms with Gasteiger partial charge in [-0.2, -0.15) is 0 Å². The van der Waals surface area contributed by atoms with Crippen LogP contribution in [0.3, 0.4) is 0 Å². The molecule has 6 aromatic carbocycles. The molecule has 10 aromatic rings. The Kier molecular flexibility index (Phi) is 10.2. The molecular weight excluding hydrogens is 817 g/mol. The van der Waals surface area contributed by atoms with Crippen LogP contribution in [0.5, 0.6) is 23.0 Å². The third kappa shape index (κ3) is 7.46. The van der Waals surface area contributed by atoms with Crippen LogP contribution in [0.15, 0.2) is 182 Å². The summed E-state index contributed by atoms with van der Waals surface area (Å²) in [4.78, 5) is 14.3. The van der Waals surface area contributed by atoms with Gasteiger partial charge in [0.2, 0.25) is 0 Å². The molecule has 2 saturated heterocycles. The molecule has 0 unspecified atom stereocenters. The predicted octanol–water partition coefficient (Wildman–Crippen LogP) is 11.0. The Balaban J connectivity index is 0.798. The number of nitrogens with zero attached hydrogens (tertiary/aromatic N) is 8. The van der Waals surface area contributed by atoms with Crippen molar-refractivity contribution in [2.45, 2.75) is 25.7 Å². The fraction of sp³-hybridized carbons (Fsp3) is 0.143. The first kappa shape index (κ1) is 39.4. The van der Waals surface area contributed by atoms with Gasteiger partial charge >= 0.3 is 0 Å². The van der Waals surface area contributed by atoms with E-state index >= 15 is 0 Å². The molecule has 2 fully saturated rings. The van der Waals surface area contributed by atoms with Gasteiger partial charge in [0.1, 0.15) is 23.0 Å². The van der Waals surface area contributed by atoms with Crippen LogP contribution in [0.2, 0.25) is 0 Å². The lowest BCUT2D eigenvalue weighted by molar-refractivity contribution is -0.572. The summed E-state index contributed by atoms with van der Waals surface area (Å²) < 4.78 is 21.6. The van der Waals surface area contributed by atoms with E-state index < -0.39 is 0 Å². The first-order valence-corrected chi connectivity index (χ1v) is 22.8. The van der Waals surface area contributed by atoms with Crippen molar-refractivity contribution in [2.75, 3.05) is 36.0 Å². The second-order valence-corrected chi connectivity index (χ2v) is 16.8. The molecule has 12 rings (SSSR count). The number of hydrogen-bond donors (Lipinski definition) is 0. The lowest BCUT2D eigenvalue weighted by atomic mass is 10.2. The lowest BCUT2D eigenvalue weighted by Crippen LogP contribution is -2.29. The van der Waals surface area contributed by atoms with E-state index in [4.69, 9.17) is 9.47 Å². The van der Waals surface area contributed by atoms with Crippen molar-refractivity contribution in [1.82, 2.24) is 19.1 Å². The highest BCUT2D eigenvalue weighted by Gasteiger charge is 2.22. The average Bonchev–Trinajstić information content (AvgIpc) is 4.22. The average molecular weight is 863 g/mol. The summed E-state index contributed by atoms with van der Waals surface area (Å²) in [6.45, 7) is 4.27. The molecule has 0 bridgehead atoms. The normalized spacial score (nSPS) is 13.8. The van der Waals surface area contributed by atoms with Gasteiger partial charge < -0.3 is 19.3 Å². The summed E-state index contributed by atoms with van der Waals surface area (Å²) in [6.07, 6.45) is 15.7. The fourth-order valence-corrected chi connectivity index (χ4v) is 9.49. The van der Waals surface area contributed by atoms with Crippen LogP contribution in [0.1, 0.15) is 25.7 Å². The topological polar surface area (TPSA) is 68.3 Å². The molecule has 66 heavy (non-hydrogen) atoms. The highest BCUT2D eigenvalue weighted by Crippen LogP contribution is 2.34. The molecule has 0 spiro atoms. The SMILES string of the molecule is [c-]1n(-c2ccccc2N2CCCC2)c2ccccc2[n+]1-c1cccc(Oc2ccnc(-c3cc(Oc4cccc(-[n+]5[c-]n(-c6ccccc6N6CCCC6)c6ccccc65)c4)ccn3)c2)c1. The zero-order chi connectivity index (χ0) is 43.8. The number of imidazole rings is 2. The minimum atomic E-state index is 0.643. The van der Waals surface area contributed by atoms with Gasteiger partial charge in [-0.1, -0.05) is 84.9 Å². The monoisotopic (exact) mass is 862 g/mol. The Morgan fingerprint density at radius 1 is 0.394 bits per heavy atom. The Hall–Kier alpha value is -8.24. The van der Waals surface area contributed by atoms with Crippen LogP contribution in [-0.4, -0.2) is 45.3 Å². The van der Waals surface area contributed by atoms with Crippen molar-refractivity contribution in [1.29, 1.82) is 0 Å². The summed E-state index contributed by atoms with van der Waals surface area (Å²) in [5.41, 5.74) is 12.2. The minimum absolute atomic E-state index is 0.643. The number of aromatic nitrogens is 6. The summed E-state index contributed by atoms with van der Waals surface area (Å²) in [7, 11) is 0. The molecule has 10 heteroatoms. The second-order valence-electron chi connectivity index (χ2n) is 16.8. The quantitative estimate of drug-likeness (QED) is 0.0953. The first-order valence-electron chi connectivity index (χ1n) is 22.8. The third-order valence-corrected chi connectivity index (χ3v) is 12.6. The maximum absolute atomic E-state index is 6.52. The van der Waals surface area contributed by atoms with E-state index in [0.29, 0.717) is 34.4 Å². The molecule has 322 valence electrons. The number of rotatable bonds is 11. The van der Waals surface area contributed by atoms with Crippen molar-refractivity contribution in [3.8, 4) is 57.1 Å². The van der Waals surface area contributed by atoms with Crippen molar-refractivity contribution in [3.05, 3.63) is 195 Å². The Labute approximate surface area is 383 Å². The number of pyridine rings is 2. The lowest BCUT2D eigenvalue weighted by Gasteiger charge is -2.21. The van der Waals surface area contributed by atoms with Crippen LogP contribution in [0.25, 0.3) is 56.2 Å². The van der Waals surface area contributed by atoms with Gasteiger partial charge in [0.25, 0.3) is 12.7 Å². The molecule has 0 N–H and O–H groups in total. The van der Waals surface area contributed by atoms with E-state index in [1.54, 1.807) is 12.4 Å². The van der Waals surface area contributed by atoms with Crippen LogP contribution < -0.4 is 28.4 Å². The number of ether oxygens (including phenoxy) is 2. The van der Waals surface area contributed by atoms with Crippen molar-refractivity contribution in [3.63, 3.8) is 0 Å². The molecule has 6 heterocycles.